The molecule has 102 valence electrons. The van der Waals surface area contributed by atoms with E-state index in [9.17, 15) is 8.42 Å². The lowest BCUT2D eigenvalue weighted by molar-refractivity contribution is 0.581. The average molecular weight is 343 g/mol. The molecule has 0 N–H and O–H groups in total. The summed E-state index contributed by atoms with van der Waals surface area (Å²) < 4.78 is 27.3. The molecular weight excluding hydrogens is 328 g/mol. The molecule has 0 spiro atoms. The topological polar surface area (TPSA) is 52.0 Å². The molecule has 0 fully saturated rings. The number of hydrogen-bond donors (Lipinski definition) is 0. The quantitative estimate of drug-likeness (QED) is 0.859. The first kappa shape index (κ1) is 14.3. The van der Waals surface area contributed by atoms with Crippen molar-refractivity contribution in [3.05, 3.63) is 46.5 Å². The van der Waals surface area contributed by atoms with E-state index < -0.39 is 10.0 Å². The third-order valence-corrected chi connectivity index (χ3v) is 5.40. The fourth-order valence-corrected chi connectivity index (χ4v) is 3.56. The van der Waals surface area contributed by atoms with Gasteiger partial charge in [-0.25, -0.2) is 17.4 Å². The van der Waals surface area contributed by atoms with Crippen molar-refractivity contribution in [2.75, 3.05) is 0 Å². The molecular formula is C13H15BrN2O2S. The molecule has 1 aromatic carbocycles. The summed E-state index contributed by atoms with van der Waals surface area (Å²) in [7, 11) is -3.58. The number of imidazole rings is 1. The van der Waals surface area contributed by atoms with Crippen molar-refractivity contribution < 1.29 is 8.42 Å². The molecule has 0 saturated heterocycles. The van der Waals surface area contributed by atoms with E-state index in [1.807, 2.05) is 20.8 Å². The van der Waals surface area contributed by atoms with E-state index in [1.165, 1.54) is 16.4 Å². The molecule has 0 radical (unpaired) electrons. The van der Waals surface area contributed by atoms with Gasteiger partial charge in [0.1, 0.15) is 5.82 Å². The van der Waals surface area contributed by atoms with Gasteiger partial charge in [-0.15, -0.1) is 0 Å². The summed E-state index contributed by atoms with van der Waals surface area (Å²) in [5.41, 5.74) is 0.882. The van der Waals surface area contributed by atoms with Crippen LogP contribution in [0.3, 0.4) is 0 Å². The fourth-order valence-electron chi connectivity index (χ4n) is 1.80. The van der Waals surface area contributed by atoms with Gasteiger partial charge in [0.15, 0.2) is 0 Å². The Balaban J connectivity index is 2.59. The molecule has 0 atom stereocenters. The Morgan fingerprint density at radius 2 is 2.00 bits per heavy atom. The van der Waals surface area contributed by atoms with Gasteiger partial charge < -0.3 is 0 Å². The molecule has 0 unspecified atom stereocenters. The lowest BCUT2D eigenvalue weighted by Crippen LogP contribution is -2.16. The molecule has 19 heavy (non-hydrogen) atoms. The van der Waals surface area contributed by atoms with Crippen LogP contribution in [0, 0.1) is 6.92 Å². The molecule has 2 rings (SSSR count). The van der Waals surface area contributed by atoms with Crippen LogP contribution in [0.25, 0.3) is 0 Å². The summed E-state index contributed by atoms with van der Waals surface area (Å²) in [6.45, 7) is 5.70. The largest absolute Gasteiger partial charge is 0.269 e. The van der Waals surface area contributed by atoms with E-state index in [2.05, 4.69) is 20.9 Å². The van der Waals surface area contributed by atoms with Crippen LogP contribution in [-0.4, -0.2) is 17.4 Å². The second kappa shape index (κ2) is 5.09. The molecule has 0 saturated carbocycles. The van der Waals surface area contributed by atoms with Crippen molar-refractivity contribution in [2.24, 2.45) is 0 Å². The lowest BCUT2D eigenvalue weighted by atomic mass is 10.2. The van der Waals surface area contributed by atoms with Gasteiger partial charge in [-0.1, -0.05) is 29.8 Å². The molecule has 0 aliphatic heterocycles. The number of hydrogen-bond acceptors (Lipinski definition) is 3. The van der Waals surface area contributed by atoms with Gasteiger partial charge >= 0.3 is 0 Å². The van der Waals surface area contributed by atoms with Crippen molar-refractivity contribution in [1.82, 2.24) is 8.96 Å². The van der Waals surface area contributed by atoms with Crippen LogP contribution in [0.15, 0.2) is 40.0 Å². The number of aromatic nitrogens is 2. The molecule has 1 heterocycles. The smallest absolute Gasteiger partial charge is 0.240 e. The van der Waals surface area contributed by atoms with Gasteiger partial charge in [0.25, 0.3) is 10.0 Å². The first-order valence-corrected chi connectivity index (χ1v) is 8.12. The predicted octanol–water partition coefficient (Wildman–Crippen LogP) is 3.31. The second-order valence-corrected chi connectivity index (χ2v) is 7.32. The lowest BCUT2D eigenvalue weighted by Gasteiger charge is -2.12. The Kier molecular flexibility index (Phi) is 3.82. The highest BCUT2D eigenvalue weighted by Gasteiger charge is 2.21. The zero-order valence-electron chi connectivity index (χ0n) is 11.0. The zero-order valence-corrected chi connectivity index (χ0v) is 13.4. The molecule has 1 aromatic heterocycles. The summed E-state index contributed by atoms with van der Waals surface area (Å²) in [5.74, 6) is 0.585. The highest BCUT2D eigenvalue weighted by molar-refractivity contribution is 9.10. The molecule has 2 aromatic rings. The summed E-state index contributed by atoms with van der Waals surface area (Å²) in [6, 6.07) is 4.99. The number of benzene rings is 1. The summed E-state index contributed by atoms with van der Waals surface area (Å²) in [4.78, 5) is 4.39. The van der Waals surface area contributed by atoms with Crippen LogP contribution in [0.2, 0.25) is 0 Å². The van der Waals surface area contributed by atoms with E-state index in [4.69, 9.17) is 0 Å². The van der Waals surface area contributed by atoms with Crippen LogP contribution in [-0.2, 0) is 10.0 Å². The van der Waals surface area contributed by atoms with E-state index >= 15 is 0 Å². The average Bonchev–Trinajstić information content (AvgIpc) is 2.82. The molecule has 6 heteroatoms. The molecule has 0 bridgehead atoms. The van der Waals surface area contributed by atoms with Crippen molar-refractivity contribution in [3.63, 3.8) is 0 Å². The maximum Gasteiger partial charge on any atom is 0.269 e. The Morgan fingerprint density at radius 1 is 1.32 bits per heavy atom. The summed E-state index contributed by atoms with van der Waals surface area (Å²) >= 11 is 3.37. The minimum absolute atomic E-state index is 0.0429. The third-order valence-electron chi connectivity index (χ3n) is 2.84. The molecule has 0 aliphatic rings. The molecule has 0 aliphatic carbocycles. The van der Waals surface area contributed by atoms with Gasteiger partial charge in [-0.2, -0.15) is 0 Å². The monoisotopic (exact) mass is 342 g/mol. The molecule has 4 nitrogen and oxygen atoms in total. The van der Waals surface area contributed by atoms with Gasteiger partial charge in [0.2, 0.25) is 0 Å². The summed E-state index contributed by atoms with van der Waals surface area (Å²) in [6.07, 6.45) is 3.00. The first-order chi connectivity index (χ1) is 8.84. The number of halogens is 1. The van der Waals surface area contributed by atoms with Crippen molar-refractivity contribution in [3.8, 4) is 0 Å². The maximum absolute atomic E-state index is 12.6. The van der Waals surface area contributed by atoms with Crippen molar-refractivity contribution in [1.29, 1.82) is 0 Å². The Bertz CT molecular complexity index is 705. The van der Waals surface area contributed by atoms with Crippen molar-refractivity contribution >= 4 is 26.0 Å². The Morgan fingerprint density at radius 3 is 2.58 bits per heavy atom. The van der Waals surface area contributed by atoms with Gasteiger partial charge in [0, 0.05) is 22.8 Å². The van der Waals surface area contributed by atoms with E-state index in [0.717, 1.165) is 10.0 Å². The van der Waals surface area contributed by atoms with Crippen LogP contribution in [0.1, 0.15) is 31.2 Å². The Hall–Kier alpha value is -1.14. The zero-order chi connectivity index (χ0) is 14.2. The van der Waals surface area contributed by atoms with E-state index in [0.29, 0.717) is 5.82 Å². The molecule has 0 amide bonds. The standard InChI is InChI=1S/C13H15BrN2O2S/c1-9(2)13-15-6-7-16(13)19(17,18)11-4-5-12(14)10(3)8-11/h4-9H,1-3H3. The number of aryl methyl sites for hydroxylation is 1. The first-order valence-electron chi connectivity index (χ1n) is 5.89. The summed E-state index contributed by atoms with van der Waals surface area (Å²) in [5, 5.41) is 0. The SMILES string of the molecule is Cc1cc(S(=O)(=O)n2ccnc2C(C)C)ccc1Br. The van der Waals surface area contributed by atoms with Gasteiger partial charge in [-0.05, 0) is 30.7 Å². The van der Waals surface area contributed by atoms with Crippen molar-refractivity contribution in [2.45, 2.75) is 31.6 Å². The van der Waals surface area contributed by atoms with Crippen LogP contribution < -0.4 is 0 Å². The number of rotatable bonds is 3. The minimum atomic E-state index is -3.58. The Labute approximate surface area is 121 Å². The highest BCUT2D eigenvalue weighted by Crippen LogP contribution is 2.24. The van der Waals surface area contributed by atoms with E-state index in [1.54, 1.807) is 18.2 Å². The van der Waals surface area contributed by atoms with Gasteiger partial charge in [-0.3, -0.25) is 0 Å². The highest BCUT2D eigenvalue weighted by atomic mass is 79.9. The normalized spacial score (nSPS) is 12.1. The fraction of sp³-hybridized carbons (Fsp3) is 0.308. The maximum atomic E-state index is 12.6. The minimum Gasteiger partial charge on any atom is -0.240 e. The van der Waals surface area contributed by atoms with Crippen LogP contribution in [0.4, 0.5) is 0 Å². The van der Waals surface area contributed by atoms with Gasteiger partial charge in [0.05, 0.1) is 4.90 Å². The van der Waals surface area contributed by atoms with E-state index in [-0.39, 0.29) is 10.8 Å². The second-order valence-electron chi connectivity index (χ2n) is 4.65. The van der Waals surface area contributed by atoms with Crippen LogP contribution in [0.5, 0.6) is 0 Å². The predicted molar refractivity (Wildman–Crippen MR) is 77.8 cm³/mol. The number of nitrogens with zero attached hydrogens (tertiary/aromatic N) is 2. The van der Waals surface area contributed by atoms with Crippen LogP contribution >= 0.6 is 15.9 Å². The third kappa shape index (κ3) is 2.60.